The molecule has 0 aromatic rings. The molecule has 3 atom stereocenters. The van der Waals surface area contributed by atoms with Crippen LogP contribution in [0, 0.1) is 28.1 Å². The zero-order valence-corrected chi connectivity index (χ0v) is 13.7. The maximum absolute atomic E-state index is 13.3. The fraction of sp³-hybridized carbons (Fsp3) is 0.944. The molecule has 4 bridgehead atoms. The first kappa shape index (κ1) is 14.0. The van der Waals surface area contributed by atoms with Gasteiger partial charge in [-0.1, -0.05) is 13.8 Å². The zero-order chi connectivity index (χ0) is 14.9. The third-order valence-electron chi connectivity index (χ3n) is 6.99. The first-order valence-electron chi connectivity index (χ1n) is 8.85. The van der Waals surface area contributed by atoms with E-state index in [1.807, 2.05) is 0 Å². The van der Waals surface area contributed by atoms with Gasteiger partial charge in [-0.25, -0.2) is 0 Å². The van der Waals surface area contributed by atoms with Crippen LogP contribution in [0.3, 0.4) is 0 Å². The summed E-state index contributed by atoms with van der Waals surface area (Å²) in [6.45, 7) is 7.49. The van der Waals surface area contributed by atoms with Gasteiger partial charge < -0.3 is 10.6 Å². The molecule has 0 aromatic carbocycles. The maximum Gasteiger partial charge on any atom is 0.228 e. The second-order valence-electron chi connectivity index (χ2n) is 9.55. The molecule has 4 aliphatic carbocycles. The van der Waals surface area contributed by atoms with Crippen LogP contribution >= 0.6 is 0 Å². The summed E-state index contributed by atoms with van der Waals surface area (Å²) in [6.07, 6.45) is 8.64. The van der Waals surface area contributed by atoms with E-state index in [1.165, 1.54) is 25.7 Å². The number of amides is 1. The second-order valence-corrected chi connectivity index (χ2v) is 9.55. The van der Waals surface area contributed by atoms with Crippen molar-refractivity contribution in [2.75, 3.05) is 19.6 Å². The Morgan fingerprint density at radius 1 is 1.14 bits per heavy atom. The first-order chi connectivity index (χ1) is 9.85. The zero-order valence-electron chi connectivity index (χ0n) is 13.7. The molecule has 5 fully saturated rings. The average Bonchev–Trinajstić information content (AvgIpc) is 2.81. The molecule has 3 unspecified atom stereocenters. The molecule has 4 saturated carbocycles. The minimum Gasteiger partial charge on any atom is -0.342 e. The molecule has 5 aliphatic rings. The Kier molecular flexibility index (Phi) is 2.84. The van der Waals surface area contributed by atoms with E-state index >= 15 is 0 Å². The Labute approximate surface area is 128 Å². The first-order valence-corrected chi connectivity index (χ1v) is 8.85. The van der Waals surface area contributed by atoms with E-state index in [9.17, 15) is 4.79 Å². The largest absolute Gasteiger partial charge is 0.342 e. The second kappa shape index (κ2) is 4.24. The van der Waals surface area contributed by atoms with E-state index in [1.54, 1.807) is 0 Å². The van der Waals surface area contributed by atoms with Crippen LogP contribution < -0.4 is 5.73 Å². The molecule has 1 amide bonds. The highest BCUT2D eigenvalue weighted by molar-refractivity contribution is 5.83. The Hall–Kier alpha value is -0.570. The lowest BCUT2D eigenvalue weighted by Crippen LogP contribution is -2.60. The van der Waals surface area contributed by atoms with E-state index in [0.717, 1.165) is 44.8 Å². The third-order valence-corrected chi connectivity index (χ3v) is 6.99. The average molecular weight is 290 g/mol. The van der Waals surface area contributed by atoms with Crippen molar-refractivity contribution in [3.63, 3.8) is 0 Å². The summed E-state index contributed by atoms with van der Waals surface area (Å²) in [6, 6.07) is 0. The summed E-state index contributed by atoms with van der Waals surface area (Å²) in [5.41, 5.74) is 6.64. The number of nitrogens with zero attached hydrogens (tertiary/aromatic N) is 1. The lowest BCUT2D eigenvalue weighted by molar-refractivity contribution is -0.178. The van der Waals surface area contributed by atoms with Gasteiger partial charge in [-0.05, 0) is 74.2 Å². The monoisotopic (exact) mass is 290 g/mol. The van der Waals surface area contributed by atoms with Gasteiger partial charge in [0.1, 0.15) is 0 Å². The Bertz CT molecular complexity index is 456. The maximum atomic E-state index is 13.3. The van der Waals surface area contributed by atoms with Crippen LogP contribution in [-0.2, 0) is 4.79 Å². The minimum atomic E-state index is -0.0214. The number of rotatable bonds is 2. The SMILES string of the molecule is CC12CC3CC(C)(C1)CC(C(=O)N1CCC(CN)C1)(C3)C2. The summed E-state index contributed by atoms with van der Waals surface area (Å²) < 4.78 is 0. The molecule has 0 spiro atoms. The molecular formula is C18H30N2O. The summed E-state index contributed by atoms with van der Waals surface area (Å²) in [7, 11) is 0. The highest BCUT2D eigenvalue weighted by Crippen LogP contribution is 2.69. The number of carbonyl (C=O) groups excluding carboxylic acids is 1. The van der Waals surface area contributed by atoms with Crippen molar-refractivity contribution >= 4 is 5.91 Å². The molecule has 3 heteroatoms. The van der Waals surface area contributed by atoms with Crippen LogP contribution in [0.15, 0.2) is 0 Å². The number of nitrogens with two attached hydrogens (primary N) is 1. The fourth-order valence-corrected chi connectivity index (χ4v) is 7.23. The molecule has 118 valence electrons. The number of hydrogen-bond donors (Lipinski definition) is 1. The molecule has 0 aromatic heterocycles. The van der Waals surface area contributed by atoms with Gasteiger partial charge in [0.05, 0.1) is 5.41 Å². The van der Waals surface area contributed by atoms with Gasteiger partial charge in [-0.3, -0.25) is 4.79 Å². The highest BCUT2D eigenvalue weighted by Gasteiger charge is 2.63. The standard InChI is InChI=1S/C18H30N2O/c1-16-5-14-6-17(2,10-16)12-18(7-14,11-16)15(21)20-4-3-13(8-19)9-20/h13-14H,3-12,19H2,1-2H3. The van der Waals surface area contributed by atoms with Crippen molar-refractivity contribution in [3.05, 3.63) is 0 Å². The van der Waals surface area contributed by atoms with E-state index in [-0.39, 0.29) is 5.41 Å². The lowest BCUT2D eigenvalue weighted by atomic mass is 9.40. The minimum absolute atomic E-state index is 0.0214. The number of likely N-dealkylation sites (tertiary alicyclic amines) is 1. The lowest BCUT2D eigenvalue weighted by Gasteiger charge is -2.65. The van der Waals surface area contributed by atoms with Gasteiger partial charge in [-0.2, -0.15) is 0 Å². The number of hydrogen-bond acceptors (Lipinski definition) is 2. The van der Waals surface area contributed by atoms with Crippen LogP contribution in [0.25, 0.3) is 0 Å². The highest BCUT2D eigenvalue weighted by atomic mass is 16.2. The van der Waals surface area contributed by atoms with Crippen LogP contribution in [-0.4, -0.2) is 30.4 Å². The number of carbonyl (C=O) groups is 1. The van der Waals surface area contributed by atoms with Gasteiger partial charge in [0.25, 0.3) is 0 Å². The van der Waals surface area contributed by atoms with E-state index in [2.05, 4.69) is 18.7 Å². The molecule has 1 heterocycles. The molecule has 1 saturated heterocycles. The van der Waals surface area contributed by atoms with Crippen molar-refractivity contribution in [1.82, 2.24) is 4.90 Å². The smallest absolute Gasteiger partial charge is 0.228 e. The normalized spacial score (nSPS) is 51.7. The predicted octanol–water partition coefficient (Wildman–Crippen LogP) is 2.79. The van der Waals surface area contributed by atoms with E-state index in [4.69, 9.17) is 5.73 Å². The van der Waals surface area contributed by atoms with Crippen LogP contribution in [0.5, 0.6) is 0 Å². The van der Waals surface area contributed by atoms with Crippen molar-refractivity contribution < 1.29 is 4.79 Å². The van der Waals surface area contributed by atoms with Crippen molar-refractivity contribution in [2.24, 2.45) is 33.8 Å². The van der Waals surface area contributed by atoms with Crippen LogP contribution in [0.2, 0.25) is 0 Å². The molecule has 5 rings (SSSR count). The third kappa shape index (κ3) is 2.07. The summed E-state index contributed by atoms with van der Waals surface area (Å²) in [5.74, 6) is 1.82. The molecule has 0 radical (unpaired) electrons. The summed E-state index contributed by atoms with van der Waals surface area (Å²) in [4.78, 5) is 15.5. The van der Waals surface area contributed by atoms with E-state index < -0.39 is 0 Å². The van der Waals surface area contributed by atoms with E-state index in [0.29, 0.717) is 22.7 Å². The summed E-state index contributed by atoms with van der Waals surface area (Å²) >= 11 is 0. The van der Waals surface area contributed by atoms with Crippen LogP contribution in [0.4, 0.5) is 0 Å². The van der Waals surface area contributed by atoms with Crippen molar-refractivity contribution in [2.45, 2.75) is 58.8 Å². The molecule has 2 N–H and O–H groups in total. The molecule has 1 aliphatic heterocycles. The van der Waals surface area contributed by atoms with Gasteiger partial charge >= 0.3 is 0 Å². The molecule has 21 heavy (non-hydrogen) atoms. The van der Waals surface area contributed by atoms with Gasteiger partial charge in [-0.15, -0.1) is 0 Å². The molecule has 3 nitrogen and oxygen atoms in total. The van der Waals surface area contributed by atoms with Crippen molar-refractivity contribution in [1.29, 1.82) is 0 Å². The van der Waals surface area contributed by atoms with Crippen molar-refractivity contribution in [3.8, 4) is 0 Å². The van der Waals surface area contributed by atoms with Gasteiger partial charge in [0, 0.05) is 13.1 Å². The topological polar surface area (TPSA) is 46.3 Å². The molecular weight excluding hydrogens is 260 g/mol. The Morgan fingerprint density at radius 3 is 2.33 bits per heavy atom. The van der Waals surface area contributed by atoms with Gasteiger partial charge in [0.15, 0.2) is 0 Å². The van der Waals surface area contributed by atoms with Crippen LogP contribution in [0.1, 0.15) is 58.8 Å². The van der Waals surface area contributed by atoms with Gasteiger partial charge in [0.2, 0.25) is 5.91 Å². The predicted molar refractivity (Wildman–Crippen MR) is 83.6 cm³/mol. The quantitative estimate of drug-likeness (QED) is 0.850. The summed E-state index contributed by atoms with van der Waals surface area (Å²) in [5, 5.41) is 0. The Morgan fingerprint density at radius 2 is 1.81 bits per heavy atom. The fourth-order valence-electron chi connectivity index (χ4n) is 7.23. The Balaban J connectivity index is 1.61.